The van der Waals surface area contributed by atoms with Gasteiger partial charge in [-0.15, -0.1) is 0 Å². The van der Waals surface area contributed by atoms with Gasteiger partial charge in [0.1, 0.15) is 5.82 Å². The number of para-hydroxylation sites is 10. The van der Waals surface area contributed by atoms with Crippen LogP contribution in [0.2, 0.25) is 0 Å². The predicted octanol–water partition coefficient (Wildman–Crippen LogP) is 34.2. The third kappa shape index (κ3) is 23.8. The molecule has 21 rings (SSSR count). The highest BCUT2D eigenvalue weighted by atomic mass is 15.2. The number of hydrogen-bond acceptors (Lipinski definition) is 11. The summed E-state index contributed by atoms with van der Waals surface area (Å²) in [5.41, 5.74) is 19.6. The van der Waals surface area contributed by atoms with Gasteiger partial charge in [-0.1, -0.05) is 300 Å². The van der Waals surface area contributed by atoms with Crippen LogP contribution in [-0.2, 0) is 0 Å². The molecule has 0 N–H and O–H groups in total. The van der Waals surface area contributed by atoms with Gasteiger partial charge in [0, 0.05) is 132 Å². The maximum atomic E-state index is 4.69. The normalized spacial score (nSPS) is 10.1. The number of hydrogen-bond donors (Lipinski definition) is 0. The van der Waals surface area contributed by atoms with Gasteiger partial charge in [-0.05, 0) is 229 Å². The highest BCUT2D eigenvalue weighted by Gasteiger charge is 2.21. The highest BCUT2D eigenvalue weighted by molar-refractivity contribution is 6.03. The van der Waals surface area contributed by atoms with E-state index in [4.69, 9.17) is 0 Å². The molecule has 11 heteroatoms. The second kappa shape index (κ2) is 49.3. The lowest BCUT2D eigenvalue weighted by Crippen LogP contribution is -2.11. The molecule has 0 radical (unpaired) electrons. The van der Waals surface area contributed by atoms with Crippen molar-refractivity contribution in [2.24, 2.45) is 0 Å². The van der Waals surface area contributed by atoms with Gasteiger partial charge in [0.15, 0.2) is 0 Å². The first-order chi connectivity index (χ1) is 64.1. The summed E-state index contributed by atoms with van der Waals surface area (Å²) in [5, 5.41) is 9.19. The van der Waals surface area contributed by atoms with E-state index in [1.54, 1.807) is 0 Å². The average molecular weight is 1680 g/mol. The van der Waals surface area contributed by atoms with Gasteiger partial charge >= 0.3 is 0 Å². The van der Waals surface area contributed by atoms with Crippen LogP contribution in [0.1, 0.15) is 69.2 Å². The molecule has 0 bridgehead atoms. The summed E-state index contributed by atoms with van der Waals surface area (Å²) >= 11 is 0. The molecule has 638 valence electrons. The summed E-state index contributed by atoms with van der Waals surface area (Å²) in [6, 6.07) is 154. The molecule has 0 aliphatic carbocycles. The lowest BCUT2D eigenvalue weighted by Gasteiger charge is -2.27. The van der Waals surface area contributed by atoms with Gasteiger partial charge in [-0.2, -0.15) is 0 Å². The molecule has 6 aromatic heterocycles. The van der Waals surface area contributed by atoms with Crippen LogP contribution in [0.15, 0.2) is 492 Å². The average Bonchev–Trinajstić information content (AvgIpc) is 0.760. The number of fused-ring (bicyclic) bond motifs is 6. The third-order valence-electron chi connectivity index (χ3n) is 20.3. The first-order valence-corrected chi connectivity index (χ1v) is 44.6. The maximum absolute atomic E-state index is 4.69. The number of aromatic nitrogens is 6. The molecule has 0 unspecified atom stereocenters. The molecule has 0 atom stereocenters. The predicted molar refractivity (Wildman–Crippen MR) is 554 cm³/mol. The van der Waals surface area contributed by atoms with Crippen LogP contribution in [0.4, 0.5) is 85.4 Å². The fourth-order valence-corrected chi connectivity index (χ4v) is 14.7. The summed E-state index contributed by atoms with van der Waals surface area (Å²) < 4.78 is 0. The Balaban J connectivity index is 0.000000143. The number of pyridine rings is 6. The van der Waals surface area contributed by atoms with Gasteiger partial charge in [0.25, 0.3) is 0 Å². The number of nitrogens with zero attached hydrogens (tertiary/aromatic N) is 11. The van der Waals surface area contributed by atoms with E-state index in [-0.39, 0.29) is 0 Å². The fraction of sp³-hybridized carbons (Fsp3) is 0.0847. The number of anilines is 15. The quantitative estimate of drug-likeness (QED) is 0.0982. The van der Waals surface area contributed by atoms with Crippen LogP contribution < -0.4 is 24.5 Å². The molecule has 0 saturated carbocycles. The summed E-state index contributed by atoms with van der Waals surface area (Å²) in [6.07, 6.45) is 13.1. The van der Waals surface area contributed by atoms with E-state index in [1.807, 2.05) is 252 Å². The molecular formula is C118H111N11. The Morgan fingerprint density at radius 2 is 0.450 bits per heavy atom. The van der Waals surface area contributed by atoms with Crippen molar-refractivity contribution >= 4 is 151 Å². The van der Waals surface area contributed by atoms with Crippen molar-refractivity contribution in [2.45, 2.75) is 69.2 Å². The Morgan fingerprint density at radius 1 is 0.155 bits per heavy atom. The molecule has 11 nitrogen and oxygen atoms in total. The van der Waals surface area contributed by atoms with Gasteiger partial charge < -0.3 is 19.6 Å². The van der Waals surface area contributed by atoms with Crippen molar-refractivity contribution in [2.75, 3.05) is 24.5 Å². The highest BCUT2D eigenvalue weighted by Crippen LogP contribution is 2.44. The van der Waals surface area contributed by atoms with Crippen LogP contribution in [-0.4, -0.2) is 29.9 Å². The van der Waals surface area contributed by atoms with Crippen molar-refractivity contribution in [1.29, 1.82) is 0 Å². The zero-order chi connectivity index (χ0) is 90.0. The van der Waals surface area contributed by atoms with Gasteiger partial charge in [-0.25, -0.2) is 4.98 Å². The lowest BCUT2D eigenvalue weighted by atomic mass is 10.1. The van der Waals surface area contributed by atoms with Crippen molar-refractivity contribution < 1.29 is 0 Å². The van der Waals surface area contributed by atoms with Gasteiger partial charge in [0.2, 0.25) is 0 Å². The molecule has 15 aromatic carbocycles. The van der Waals surface area contributed by atoms with E-state index in [0.29, 0.717) is 0 Å². The summed E-state index contributed by atoms with van der Waals surface area (Å²) in [4.78, 5) is 38.2. The molecule has 6 heterocycles. The Hall–Kier alpha value is -16.2. The minimum atomic E-state index is 0.918. The fourth-order valence-electron chi connectivity index (χ4n) is 14.7. The lowest BCUT2D eigenvalue weighted by molar-refractivity contribution is 1.19. The van der Waals surface area contributed by atoms with E-state index in [9.17, 15) is 0 Å². The monoisotopic (exact) mass is 1680 g/mol. The van der Waals surface area contributed by atoms with Crippen molar-refractivity contribution in [3.05, 3.63) is 492 Å². The Labute approximate surface area is 761 Å². The summed E-state index contributed by atoms with van der Waals surface area (Å²) in [5.74, 6) is 0.918. The van der Waals surface area contributed by atoms with Crippen LogP contribution in [0.3, 0.4) is 0 Å². The zero-order valence-electron chi connectivity index (χ0n) is 75.2. The number of benzene rings is 15. The molecule has 0 fully saturated rings. The molecule has 0 aliphatic rings. The first kappa shape index (κ1) is 92.0. The molecule has 0 saturated heterocycles. The van der Waals surface area contributed by atoms with Crippen LogP contribution in [0.5, 0.6) is 0 Å². The first-order valence-electron chi connectivity index (χ1n) is 44.6. The van der Waals surface area contributed by atoms with Crippen molar-refractivity contribution in [1.82, 2.24) is 29.9 Å². The molecule has 129 heavy (non-hydrogen) atoms. The Morgan fingerprint density at radius 3 is 0.876 bits per heavy atom. The van der Waals surface area contributed by atoms with Gasteiger partial charge in [0.05, 0.1) is 45.3 Å². The van der Waals surface area contributed by atoms with Crippen molar-refractivity contribution in [3.8, 4) is 0 Å². The summed E-state index contributed by atoms with van der Waals surface area (Å²) in [6.45, 7) is 20.0. The smallest absolute Gasteiger partial charge is 0.138 e. The SMILES string of the molecule is CC.CC.CC.CC.CC.c1ccc(N(c2cccc3ncccc23)c2cccc3ncccc23)cc1.c1ccc(N(c2ccccc2)c2cc3ccccc3cn2)cc1.c1ccc(N(c2ccccc2)c2ccc3cnccc3c2)cc1.c1ccc(N(c2ccccc2)c2ccc3ncccc3c2)cc1.c1ccc(N(c2ccccc2)c2cnc3ccccc3c2)cc1. The van der Waals surface area contributed by atoms with E-state index < -0.39 is 0 Å². The Kier molecular flexibility index (Phi) is 35.1. The second-order valence-electron chi connectivity index (χ2n) is 28.0. The standard InChI is InChI=1S/C24H17N3.4C21H16N2.5C2H6/c1-2-8-18(9-3-1)27(23-14-4-12-21-19(23)10-6-16-25-21)24-15-5-13-22-20(24)11-7-17-26-22;1-3-11-19(12-4-1)23(20-13-5-2-6-14-20)21-15-17-9-7-8-10-18(17)16-22-21;1-3-10-18(11-4-1)23(19-12-5-2-6-13-19)20-15-17-9-7-8-14-21(17)22-16-20;1-3-9-18(10-4-1)23(19-11-5-2-6-12-19)20-13-14-21-17(16-20)8-7-15-22-21;1-3-7-19(8-4-1)23(20-9-5-2-6-10-20)21-12-11-18-16-22-14-13-17(18)15-21;5*1-2/h1-17H;4*1-16H;5*1-2H3. The van der Waals surface area contributed by atoms with Crippen LogP contribution in [0, 0.1) is 0 Å². The van der Waals surface area contributed by atoms with E-state index in [1.165, 1.54) is 10.8 Å². The van der Waals surface area contributed by atoms with E-state index in [0.717, 1.165) is 140 Å². The molecule has 0 amide bonds. The molecule has 21 aromatic rings. The van der Waals surface area contributed by atoms with Crippen LogP contribution in [0.25, 0.3) is 65.2 Å². The van der Waals surface area contributed by atoms with E-state index in [2.05, 4.69) is 364 Å². The summed E-state index contributed by atoms with van der Waals surface area (Å²) in [7, 11) is 0. The molecule has 0 aliphatic heterocycles. The minimum absolute atomic E-state index is 0.918. The van der Waals surface area contributed by atoms with E-state index >= 15 is 0 Å². The topological polar surface area (TPSA) is 93.5 Å². The Bertz CT molecular complexity index is 5950. The second-order valence-corrected chi connectivity index (χ2v) is 28.0. The van der Waals surface area contributed by atoms with Crippen LogP contribution >= 0.6 is 0 Å². The zero-order valence-corrected chi connectivity index (χ0v) is 75.2. The third-order valence-corrected chi connectivity index (χ3v) is 20.3. The number of rotatable bonds is 15. The molecular weight excluding hydrogens is 1570 g/mol. The largest absolute Gasteiger partial charge is 0.310 e. The van der Waals surface area contributed by atoms with Crippen molar-refractivity contribution in [3.63, 3.8) is 0 Å². The van der Waals surface area contributed by atoms with Gasteiger partial charge in [-0.3, -0.25) is 29.8 Å². The maximum Gasteiger partial charge on any atom is 0.138 e. The minimum Gasteiger partial charge on any atom is -0.310 e. The molecule has 0 spiro atoms.